The Kier molecular flexibility index (Phi) is 5.51. The van der Waals surface area contributed by atoms with Crippen LogP contribution in [0.15, 0.2) is 18.2 Å². The fraction of sp³-hybridized carbons (Fsp3) is 0.455. The van der Waals surface area contributed by atoms with E-state index in [1.54, 1.807) is 12.1 Å². The van der Waals surface area contributed by atoms with Gasteiger partial charge in [0.25, 0.3) is 5.69 Å². The molecule has 1 aromatic rings. The lowest BCUT2D eigenvalue weighted by Gasteiger charge is -2.06. The maximum absolute atomic E-state index is 10.8. The minimum atomic E-state index is -0.343. The van der Waals surface area contributed by atoms with Crippen molar-refractivity contribution in [2.75, 3.05) is 11.9 Å². The molecule has 1 rings (SSSR count). The number of nitro groups is 1. The number of unbranched alkanes of at least 4 members (excludes halogenated alkanes) is 2. The Labute approximate surface area is 109 Å². The number of anilines is 1. The van der Waals surface area contributed by atoms with E-state index in [-0.39, 0.29) is 10.6 Å². The predicted octanol–water partition coefficient (Wildman–Crippen LogP) is 3.80. The maximum Gasteiger partial charge on any atom is 0.293 e. The van der Waals surface area contributed by atoms with E-state index in [0.29, 0.717) is 5.69 Å². The number of rotatable bonds is 6. The number of hydrogen-bond donors (Lipinski definition) is 1. The van der Waals surface area contributed by atoms with E-state index in [1.807, 2.05) is 6.07 Å². The van der Waals surface area contributed by atoms with Crippen molar-refractivity contribution in [2.45, 2.75) is 26.2 Å². The van der Waals surface area contributed by atoms with Gasteiger partial charge in [-0.05, 0) is 41.1 Å². The molecule has 0 atom stereocenters. The van der Waals surface area contributed by atoms with Gasteiger partial charge in [-0.2, -0.15) is 0 Å². The zero-order valence-corrected chi connectivity index (χ0v) is 11.4. The van der Waals surface area contributed by atoms with Crippen LogP contribution in [-0.4, -0.2) is 11.5 Å². The summed E-state index contributed by atoms with van der Waals surface area (Å²) < 4.78 is 0.878. The molecule has 0 aromatic heterocycles. The smallest absolute Gasteiger partial charge is 0.293 e. The lowest BCUT2D eigenvalue weighted by atomic mass is 10.2. The van der Waals surface area contributed by atoms with Gasteiger partial charge in [-0.25, -0.2) is 0 Å². The van der Waals surface area contributed by atoms with Crippen molar-refractivity contribution in [1.29, 1.82) is 0 Å². The van der Waals surface area contributed by atoms with Gasteiger partial charge in [0.2, 0.25) is 0 Å². The highest BCUT2D eigenvalue weighted by atomic mass is 127. The van der Waals surface area contributed by atoms with Crippen molar-refractivity contribution in [3.05, 3.63) is 31.9 Å². The molecule has 0 aliphatic rings. The molecule has 0 unspecified atom stereocenters. The standard InChI is InChI=1S/C11H15IN2O2/c1-2-3-4-7-13-10-6-5-9(12)8-11(10)14(15)16/h5-6,8,13H,2-4,7H2,1H3. The quantitative estimate of drug-likeness (QED) is 0.373. The van der Waals surface area contributed by atoms with Crippen molar-refractivity contribution in [1.82, 2.24) is 0 Å². The van der Waals surface area contributed by atoms with Crippen LogP contribution in [0.3, 0.4) is 0 Å². The topological polar surface area (TPSA) is 55.2 Å². The molecule has 0 saturated carbocycles. The van der Waals surface area contributed by atoms with Gasteiger partial charge in [-0.1, -0.05) is 19.8 Å². The molecule has 0 bridgehead atoms. The number of benzene rings is 1. The van der Waals surface area contributed by atoms with Crippen molar-refractivity contribution < 1.29 is 4.92 Å². The monoisotopic (exact) mass is 334 g/mol. The highest BCUT2D eigenvalue weighted by Gasteiger charge is 2.13. The van der Waals surface area contributed by atoms with Crippen LogP contribution < -0.4 is 5.32 Å². The molecule has 0 aliphatic carbocycles. The van der Waals surface area contributed by atoms with Crippen LogP contribution >= 0.6 is 22.6 Å². The van der Waals surface area contributed by atoms with Crippen molar-refractivity contribution in [3.63, 3.8) is 0 Å². The Hall–Kier alpha value is -0.850. The van der Waals surface area contributed by atoms with Gasteiger partial charge in [0.1, 0.15) is 5.69 Å². The molecule has 5 heteroatoms. The molecule has 0 spiro atoms. The molecule has 0 aliphatic heterocycles. The second kappa shape index (κ2) is 6.67. The normalized spacial score (nSPS) is 10.1. The van der Waals surface area contributed by atoms with Gasteiger partial charge in [-0.3, -0.25) is 10.1 Å². The molecule has 88 valence electrons. The average Bonchev–Trinajstić information content (AvgIpc) is 2.26. The lowest BCUT2D eigenvalue weighted by molar-refractivity contribution is -0.384. The van der Waals surface area contributed by atoms with E-state index in [4.69, 9.17) is 0 Å². The van der Waals surface area contributed by atoms with Crippen LogP contribution in [0.1, 0.15) is 26.2 Å². The van der Waals surface area contributed by atoms with Crippen molar-refractivity contribution in [3.8, 4) is 0 Å². The first-order chi connectivity index (χ1) is 7.65. The highest BCUT2D eigenvalue weighted by molar-refractivity contribution is 14.1. The van der Waals surface area contributed by atoms with Gasteiger partial charge in [0, 0.05) is 16.2 Å². The number of nitro benzene ring substituents is 1. The maximum atomic E-state index is 10.8. The molecule has 1 aromatic carbocycles. The molecule has 0 amide bonds. The molecule has 4 nitrogen and oxygen atoms in total. The van der Waals surface area contributed by atoms with Crippen LogP contribution in [0.4, 0.5) is 11.4 Å². The summed E-state index contributed by atoms with van der Waals surface area (Å²) in [5.41, 5.74) is 0.768. The Morgan fingerprint density at radius 2 is 2.19 bits per heavy atom. The zero-order chi connectivity index (χ0) is 12.0. The third-order valence-electron chi connectivity index (χ3n) is 2.25. The van der Waals surface area contributed by atoms with Crippen LogP contribution in [-0.2, 0) is 0 Å². The van der Waals surface area contributed by atoms with Crippen LogP contribution in [0, 0.1) is 13.7 Å². The molecule has 0 saturated heterocycles. The van der Waals surface area contributed by atoms with Crippen molar-refractivity contribution in [2.24, 2.45) is 0 Å². The Morgan fingerprint density at radius 1 is 1.44 bits per heavy atom. The first-order valence-corrected chi connectivity index (χ1v) is 6.41. The number of halogens is 1. The molecule has 16 heavy (non-hydrogen) atoms. The van der Waals surface area contributed by atoms with Gasteiger partial charge in [-0.15, -0.1) is 0 Å². The van der Waals surface area contributed by atoms with E-state index in [0.717, 1.165) is 29.4 Å². The molecule has 1 N–H and O–H groups in total. The lowest BCUT2D eigenvalue weighted by Crippen LogP contribution is -2.04. The predicted molar refractivity (Wildman–Crippen MR) is 73.8 cm³/mol. The van der Waals surface area contributed by atoms with E-state index in [1.165, 1.54) is 0 Å². The second-order valence-electron chi connectivity index (χ2n) is 3.55. The Bertz CT molecular complexity index is 369. The van der Waals surface area contributed by atoms with Crippen LogP contribution in [0.25, 0.3) is 0 Å². The Balaban J connectivity index is 2.67. The summed E-state index contributed by atoms with van der Waals surface area (Å²) in [5, 5.41) is 13.9. The number of hydrogen-bond acceptors (Lipinski definition) is 3. The zero-order valence-electron chi connectivity index (χ0n) is 9.20. The van der Waals surface area contributed by atoms with Crippen LogP contribution in [0.2, 0.25) is 0 Å². The third-order valence-corrected chi connectivity index (χ3v) is 2.92. The fourth-order valence-electron chi connectivity index (χ4n) is 1.40. The summed E-state index contributed by atoms with van der Waals surface area (Å²) in [5.74, 6) is 0. The first kappa shape index (κ1) is 13.2. The number of nitrogens with zero attached hydrogens (tertiary/aromatic N) is 1. The summed E-state index contributed by atoms with van der Waals surface area (Å²) in [6.45, 7) is 2.92. The number of nitrogens with one attached hydrogen (secondary N) is 1. The SMILES string of the molecule is CCCCCNc1ccc(I)cc1[N+](=O)[O-]. The van der Waals surface area contributed by atoms with Gasteiger partial charge in [0.05, 0.1) is 4.92 Å². The van der Waals surface area contributed by atoms with Crippen LogP contribution in [0.5, 0.6) is 0 Å². The van der Waals surface area contributed by atoms with Gasteiger partial charge >= 0.3 is 0 Å². The highest BCUT2D eigenvalue weighted by Crippen LogP contribution is 2.26. The molecular weight excluding hydrogens is 319 g/mol. The molecular formula is C11H15IN2O2. The summed E-state index contributed by atoms with van der Waals surface area (Å²) in [4.78, 5) is 10.5. The first-order valence-electron chi connectivity index (χ1n) is 5.33. The summed E-state index contributed by atoms with van der Waals surface area (Å²) in [7, 11) is 0. The minimum Gasteiger partial charge on any atom is -0.379 e. The second-order valence-corrected chi connectivity index (χ2v) is 4.80. The third kappa shape index (κ3) is 3.96. The molecule has 0 radical (unpaired) electrons. The average molecular weight is 334 g/mol. The van der Waals surface area contributed by atoms with E-state index in [9.17, 15) is 10.1 Å². The van der Waals surface area contributed by atoms with E-state index >= 15 is 0 Å². The molecule has 0 fully saturated rings. The van der Waals surface area contributed by atoms with Gasteiger partial charge < -0.3 is 5.32 Å². The molecule has 0 heterocycles. The Morgan fingerprint density at radius 3 is 2.81 bits per heavy atom. The summed E-state index contributed by atoms with van der Waals surface area (Å²) in [6, 6.07) is 5.23. The minimum absolute atomic E-state index is 0.156. The van der Waals surface area contributed by atoms with Crippen molar-refractivity contribution >= 4 is 34.0 Å². The fourth-order valence-corrected chi connectivity index (χ4v) is 1.88. The van der Waals surface area contributed by atoms with Gasteiger partial charge in [0.15, 0.2) is 0 Å². The summed E-state index contributed by atoms with van der Waals surface area (Å²) in [6.07, 6.45) is 3.33. The largest absolute Gasteiger partial charge is 0.379 e. The van der Waals surface area contributed by atoms with E-state index in [2.05, 4.69) is 34.8 Å². The van der Waals surface area contributed by atoms with E-state index < -0.39 is 0 Å². The summed E-state index contributed by atoms with van der Waals surface area (Å²) >= 11 is 2.07.